The lowest BCUT2D eigenvalue weighted by Crippen LogP contribution is -2.05. The number of fused-ring (bicyclic) bond motifs is 1. The third-order valence-electron chi connectivity index (χ3n) is 4.46. The Morgan fingerprint density at radius 2 is 1.69 bits per heavy atom. The Bertz CT molecular complexity index is 933. The van der Waals surface area contributed by atoms with Crippen LogP contribution in [0.4, 0.5) is 5.69 Å². The molecular formula is C22H19NO2S. The lowest BCUT2D eigenvalue weighted by atomic mass is 10.0. The minimum atomic E-state index is 0.261. The minimum Gasteiger partial charge on any atom is -0.508 e. The zero-order valence-electron chi connectivity index (χ0n) is 14.4. The molecule has 3 nitrogen and oxygen atoms in total. The third kappa shape index (κ3) is 3.46. The van der Waals surface area contributed by atoms with E-state index in [0.717, 1.165) is 29.1 Å². The molecule has 0 saturated carbocycles. The predicted octanol–water partition coefficient (Wildman–Crippen LogP) is 5.76. The zero-order valence-corrected chi connectivity index (χ0v) is 15.2. The van der Waals surface area contributed by atoms with Gasteiger partial charge >= 0.3 is 0 Å². The summed E-state index contributed by atoms with van der Waals surface area (Å²) in [7, 11) is 1.68. The largest absolute Gasteiger partial charge is 0.508 e. The summed E-state index contributed by atoms with van der Waals surface area (Å²) in [6, 6.07) is 23.8. The number of nitrogens with zero attached hydrogens (tertiary/aromatic N) is 1. The van der Waals surface area contributed by atoms with E-state index in [1.54, 1.807) is 19.2 Å². The highest BCUT2D eigenvalue weighted by atomic mass is 32.2. The van der Waals surface area contributed by atoms with E-state index in [1.807, 2.05) is 42.1 Å². The summed E-state index contributed by atoms with van der Waals surface area (Å²) in [6.07, 6.45) is 0.816. The molecular weight excluding hydrogens is 342 g/mol. The first-order chi connectivity index (χ1) is 12.7. The molecule has 4 heteroatoms. The Balaban J connectivity index is 1.75. The van der Waals surface area contributed by atoms with Crippen molar-refractivity contribution in [2.45, 2.75) is 16.6 Å². The van der Waals surface area contributed by atoms with Gasteiger partial charge in [-0.15, -0.1) is 11.8 Å². The van der Waals surface area contributed by atoms with E-state index >= 15 is 0 Å². The fourth-order valence-electron chi connectivity index (χ4n) is 3.05. The highest BCUT2D eigenvalue weighted by Gasteiger charge is 2.22. The van der Waals surface area contributed by atoms with Gasteiger partial charge in [-0.3, -0.25) is 4.99 Å². The standard InChI is InChI=1S/C22H19NO2S/c1-25-18-12-8-16(9-13-18)22-14-20(15-6-10-17(24)11-7-15)23-19-4-2-3-5-21(19)26-22/h2-13,22,24H,14H2,1H3. The summed E-state index contributed by atoms with van der Waals surface area (Å²) in [6.45, 7) is 0. The van der Waals surface area contributed by atoms with Gasteiger partial charge in [-0.05, 0) is 59.7 Å². The number of ether oxygens (including phenoxy) is 1. The van der Waals surface area contributed by atoms with E-state index in [9.17, 15) is 5.11 Å². The molecule has 1 atom stereocenters. The van der Waals surface area contributed by atoms with Crippen molar-refractivity contribution < 1.29 is 9.84 Å². The van der Waals surface area contributed by atoms with Crippen LogP contribution in [0.2, 0.25) is 0 Å². The fraction of sp³-hybridized carbons (Fsp3) is 0.136. The molecule has 4 rings (SSSR count). The van der Waals surface area contributed by atoms with Gasteiger partial charge in [-0.25, -0.2) is 0 Å². The lowest BCUT2D eigenvalue weighted by Gasteiger charge is -2.16. The molecule has 0 spiro atoms. The first-order valence-corrected chi connectivity index (χ1v) is 9.37. The van der Waals surface area contributed by atoms with Gasteiger partial charge in [0.25, 0.3) is 0 Å². The van der Waals surface area contributed by atoms with Crippen LogP contribution in [0.1, 0.15) is 22.8 Å². The highest BCUT2D eigenvalue weighted by molar-refractivity contribution is 7.99. The van der Waals surface area contributed by atoms with Crippen molar-refractivity contribution in [2.24, 2.45) is 4.99 Å². The molecule has 3 aromatic carbocycles. The molecule has 1 aliphatic rings. The lowest BCUT2D eigenvalue weighted by molar-refractivity contribution is 0.414. The number of para-hydroxylation sites is 1. The van der Waals surface area contributed by atoms with Crippen molar-refractivity contribution in [3.8, 4) is 11.5 Å². The maximum absolute atomic E-state index is 9.59. The fourth-order valence-corrected chi connectivity index (χ4v) is 4.28. The summed E-state index contributed by atoms with van der Waals surface area (Å²) in [5, 5.41) is 9.85. The Morgan fingerprint density at radius 3 is 2.42 bits per heavy atom. The van der Waals surface area contributed by atoms with Crippen molar-refractivity contribution in [2.75, 3.05) is 7.11 Å². The molecule has 26 heavy (non-hydrogen) atoms. The third-order valence-corrected chi connectivity index (χ3v) is 5.78. The second-order valence-corrected chi connectivity index (χ2v) is 7.40. The van der Waals surface area contributed by atoms with Crippen molar-refractivity contribution in [1.29, 1.82) is 0 Å². The number of thioether (sulfide) groups is 1. The van der Waals surface area contributed by atoms with Crippen LogP contribution in [-0.4, -0.2) is 17.9 Å². The first kappa shape index (κ1) is 16.7. The number of phenolic OH excluding ortho intramolecular Hbond substituents is 1. The zero-order chi connectivity index (χ0) is 17.9. The molecule has 0 saturated heterocycles. The van der Waals surface area contributed by atoms with Crippen molar-refractivity contribution in [1.82, 2.24) is 0 Å². The average molecular weight is 361 g/mol. The molecule has 0 fully saturated rings. The number of hydrogen-bond donors (Lipinski definition) is 1. The summed E-state index contributed by atoms with van der Waals surface area (Å²) in [5.74, 6) is 1.13. The molecule has 1 aliphatic heterocycles. The predicted molar refractivity (Wildman–Crippen MR) is 107 cm³/mol. The van der Waals surface area contributed by atoms with E-state index in [1.165, 1.54) is 10.5 Å². The summed E-state index contributed by atoms with van der Waals surface area (Å²) in [5.41, 5.74) is 4.32. The number of aromatic hydroxyl groups is 1. The van der Waals surface area contributed by atoms with Gasteiger partial charge in [0, 0.05) is 22.3 Å². The molecule has 1 heterocycles. The number of phenols is 1. The smallest absolute Gasteiger partial charge is 0.118 e. The van der Waals surface area contributed by atoms with Gasteiger partial charge in [0.1, 0.15) is 11.5 Å². The van der Waals surface area contributed by atoms with Gasteiger partial charge in [-0.2, -0.15) is 0 Å². The van der Waals surface area contributed by atoms with E-state index in [4.69, 9.17) is 9.73 Å². The van der Waals surface area contributed by atoms with Crippen LogP contribution in [0.5, 0.6) is 11.5 Å². The molecule has 1 N–H and O–H groups in total. The van der Waals surface area contributed by atoms with E-state index in [2.05, 4.69) is 30.3 Å². The summed E-state index contributed by atoms with van der Waals surface area (Å²) < 4.78 is 5.28. The van der Waals surface area contributed by atoms with Gasteiger partial charge in [-0.1, -0.05) is 24.3 Å². The normalized spacial score (nSPS) is 16.3. The van der Waals surface area contributed by atoms with Crippen LogP contribution in [-0.2, 0) is 0 Å². The number of aliphatic imine (C=N–C) groups is 1. The van der Waals surface area contributed by atoms with E-state index in [0.29, 0.717) is 0 Å². The van der Waals surface area contributed by atoms with Gasteiger partial charge in [0.2, 0.25) is 0 Å². The number of hydrogen-bond acceptors (Lipinski definition) is 4. The van der Waals surface area contributed by atoms with Crippen LogP contribution < -0.4 is 4.74 Å². The Morgan fingerprint density at radius 1 is 0.962 bits per heavy atom. The molecule has 0 amide bonds. The van der Waals surface area contributed by atoms with Gasteiger partial charge in [0.05, 0.1) is 12.8 Å². The van der Waals surface area contributed by atoms with Crippen LogP contribution in [0, 0.1) is 0 Å². The van der Waals surface area contributed by atoms with Crippen LogP contribution in [0.25, 0.3) is 0 Å². The first-order valence-electron chi connectivity index (χ1n) is 8.49. The van der Waals surface area contributed by atoms with E-state index < -0.39 is 0 Å². The van der Waals surface area contributed by atoms with Crippen LogP contribution >= 0.6 is 11.8 Å². The summed E-state index contributed by atoms with van der Waals surface area (Å²) >= 11 is 1.84. The molecule has 0 radical (unpaired) electrons. The Labute approximate surface area is 157 Å². The number of rotatable bonds is 3. The molecule has 0 aliphatic carbocycles. The molecule has 0 bridgehead atoms. The quantitative estimate of drug-likeness (QED) is 0.645. The van der Waals surface area contributed by atoms with Crippen LogP contribution in [0.3, 0.4) is 0 Å². The maximum atomic E-state index is 9.59. The van der Waals surface area contributed by atoms with Crippen molar-refractivity contribution in [3.05, 3.63) is 83.9 Å². The molecule has 0 aromatic heterocycles. The van der Waals surface area contributed by atoms with Crippen LogP contribution in [0.15, 0.2) is 82.7 Å². The second kappa shape index (κ2) is 7.26. The highest BCUT2D eigenvalue weighted by Crippen LogP contribution is 2.45. The van der Waals surface area contributed by atoms with Crippen molar-refractivity contribution in [3.63, 3.8) is 0 Å². The van der Waals surface area contributed by atoms with Gasteiger partial charge in [0.15, 0.2) is 0 Å². The molecule has 130 valence electrons. The summed E-state index contributed by atoms with van der Waals surface area (Å²) in [4.78, 5) is 6.12. The topological polar surface area (TPSA) is 41.8 Å². The van der Waals surface area contributed by atoms with E-state index in [-0.39, 0.29) is 11.0 Å². The SMILES string of the molecule is COc1ccc(C2CC(c3ccc(O)cc3)=Nc3ccccc3S2)cc1. The average Bonchev–Trinajstić information content (AvgIpc) is 2.88. The number of benzene rings is 3. The Hall–Kier alpha value is -2.72. The monoisotopic (exact) mass is 361 g/mol. The maximum Gasteiger partial charge on any atom is 0.118 e. The van der Waals surface area contributed by atoms with Gasteiger partial charge < -0.3 is 9.84 Å². The number of methoxy groups -OCH3 is 1. The molecule has 3 aromatic rings. The van der Waals surface area contributed by atoms with Crippen molar-refractivity contribution >= 4 is 23.2 Å². The second-order valence-electron chi connectivity index (χ2n) is 6.16. The Kier molecular flexibility index (Phi) is 4.67. The molecule has 1 unspecified atom stereocenters. The minimum absolute atomic E-state index is 0.261.